The summed E-state index contributed by atoms with van der Waals surface area (Å²) in [7, 11) is 0. The number of nitrogens with zero attached hydrogens (tertiary/aromatic N) is 1. The van der Waals surface area contributed by atoms with Crippen molar-refractivity contribution in [3.8, 4) is 11.5 Å². The Morgan fingerprint density at radius 1 is 1.12 bits per heavy atom. The van der Waals surface area contributed by atoms with Gasteiger partial charge in [-0.25, -0.2) is 4.98 Å². The van der Waals surface area contributed by atoms with Gasteiger partial charge < -0.3 is 13.9 Å². The van der Waals surface area contributed by atoms with E-state index in [1.807, 2.05) is 36.4 Å². The number of furan rings is 1. The highest BCUT2D eigenvalue weighted by Gasteiger charge is 2.18. The van der Waals surface area contributed by atoms with Crippen molar-refractivity contribution in [3.63, 3.8) is 0 Å². The summed E-state index contributed by atoms with van der Waals surface area (Å²) in [5, 5.41) is 4.16. The number of amides is 1. The highest BCUT2D eigenvalue weighted by Crippen LogP contribution is 2.39. The first-order valence-corrected chi connectivity index (χ1v) is 8.08. The lowest BCUT2D eigenvalue weighted by molar-refractivity contribution is 0.0998. The maximum Gasteiger partial charge on any atom is 0.293 e. The molecule has 2 aromatic carbocycles. The van der Waals surface area contributed by atoms with Crippen molar-refractivity contribution in [2.24, 2.45) is 0 Å². The second-order valence-electron chi connectivity index (χ2n) is 5.29. The van der Waals surface area contributed by atoms with E-state index in [1.165, 1.54) is 11.3 Å². The van der Waals surface area contributed by atoms with Gasteiger partial charge in [-0.05, 0) is 12.1 Å². The van der Waals surface area contributed by atoms with Gasteiger partial charge in [0.2, 0.25) is 6.79 Å². The molecule has 3 heterocycles. The van der Waals surface area contributed by atoms with Crippen molar-refractivity contribution < 1.29 is 18.7 Å². The number of anilines is 1. The number of carbonyl (C=O) groups excluding carboxylic acids is 1. The fraction of sp³-hybridized carbons (Fsp3) is 0.0588. The van der Waals surface area contributed by atoms with E-state index in [9.17, 15) is 4.79 Å². The number of aromatic nitrogens is 1. The van der Waals surface area contributed by atoms with Crippen LogP contribution in [0.1, 0.15) is 10.6 Å². The monoisotopic (exact) mass is 338 g/mol. The highest BCUT2D eigenvalue weighted by atomic mass is 32.1. The van der Waals surface area contributed by atoms with Crippen LogP contribution in [0.25, 0.3) is 21.2 Å². The molecule has 0 aliphatic carbocycles. The zero-order valence-corrected chi connectivity index (χ0v) is 13.1. The maximum absolute atomic E-state index is 12.4. The second-order valence-corrected chi connectivity index (χ2v) is 6.33. The molecule has 24 heavy (non-hydrogen) atoms. The Morgan fingerprint density at radius 3 is 2.83 bits per heavy atom. The molecular weight excluding hydrogens is 328 g/mol. The number of ether oxygens (including phenoxy) is 2. The van der Waals surface area contributed by atoms with E-state index in [0.717, 1.165) is 15.6 Å². The van der Waals surface area contributed by atoms with Crippen molar-refractivity contribution in [2.75, 3.05) is 12.1 Å². The zero-order chi connectivity index (χ0) is 16.1. The lowest BCUT2D eigenvalue weighted by Crippen LogP contribution is -2.10. The summed E-state index contributed by atoms with van der Waals surface area (Å²) in [5.41, 5.74) is 1.43. The predicted octanol–water partition coefficient (Wildman–Crippen LogP) is 4.02. The molecule has 0 saturated heterocycles. The molecule has 2 aromatic heterocycles. The third-order valence-electron chi connectivity index (χ3n) is 3.75. The smallest absolute Gasteiger partial charge is 0.293 e. The number of hydrogen-bond donors (Lipinski definition) is 1. The molecule has 118 valence electrons. The van der Waals surface area contributed by atoms with E-state index in [-0.39, 0.29) is 18.5 Å². The van der Waals surface area contributed by atoms with Crippen LogP contribution in [-0.4, -0.2) is 17.7 Å². The molecule has 0 unspecified atom stereocenters. The van der Waals surface area contributed by atoms with E-state index < -0.39 is 0 Å². The van der Waals surface area contributed by atoms with Gasteiger partial charge in [-0.1, -0.05) is 29.5 Å². The van der Waals surface area contributed by atoms with Gasteiger partial charge in [0.25, 0.3) is 5.91 Å². The lowest BCUT2D eigenvalue weighted by atomic mass is 10.2. The van der Waals surface area contributed by atoms with Crippen molar-refractivity contribution in [1.82, 2.24) is 4.98 Å². The molecule has 4 aromatic rings. The Kier molecular flexibility index (Phi) is 2.77. The molecule has 0 fully saturated rings. The Morgan fingerprint density at radius 2 is 1.96 bits per heavy atom. The Labute approximate surface area is 139 Å². The van der Waals surface area contributed by atoms with E-state index in [2.05, 4.69) is 10.3 Å². The first-order chi connectivity index (χ1) is 11.8. The molecular formula is C17H10N2O4S. The summed E-state index contributed by atoms with van der Waals surface area (Å²) < 4.78 is 17.2. The SMILES string of the molecule is O=C(Nc1nc2cc3c(cc2s1)OCO3)c1cc2ccccc2o1. The largest absolute Gasteiger partial charge is 0.454 e. The molecule has 0 atom stereocenters. The molecule has 0 spiro atoms. The van der Waals surface area contributed by atoms with Crippen LogP contribution in [0.3, 0.4) is 0 Å². The van der Waals surface area contributed by atoms with Crippen LogP contribution in [0.2, 0.25) is 0 Å². The molecule has 0 saturated carbocycles. The van der Waals surface area contributed by atoms with Crippen molar-refractivity contribution in [1.29, 1.82) is 0 Å². The topological polar surface area (TPSA) is 73.6 Å². The minimum Gasteiger partial charge on any atom is -0.454 e. The summed E-state index contributed by atoms with van der Waals surface area (Å²) in [6.07, 6.45) is 0. The Hall–Kier alpha value is -3.06. The van der Waals surface area contributed by atoms with Crippen LogP contribution < -0.4 is 14.8 Å². The predicted molar refractivity (Wildman–Crippen MR) is 89.9 cm³/mol. The second kappa shape index (κ2) is 4.97. The third kappa shape index (κ3) is 2.10. The van der Waals surface area contributed by atoms with Gasteiger partial charge in [0.05, 0.1) is 10.2 Å². The molecule has 0 radical (unpaired) electrons. The minimum absolute atomic E-state index is 0.224. The van der Waals surface area contributed by atoms with Gasteiger partial charge in [0.15, 0.2) is 22.4 Å². The number of hydrogen-bond acceptors (Lipinski definition) is 6. The minimum atomic E-state index is -0.328. The standard InChI is InChI=1S/C17H10N2O4S/c20-16(14-5-9-3-1-2-4-11(9)23-14)19-17-18-10-6-12-13(22-8-21-12)7-15(10)24-17/h1-7H,8H2,(H,18,19,20). The maximum atomic E-state index is 12.4. The van der Waals surface area contributed by atoms with Crippen LogP contribution in [0.15, 0.2) is 46.9 Å². The Bertz CT molecular complexity index is 1020. The fourth-order valence-electron chi connectivity index (χ4n) is 2.62. The quantitative estimate of drug-likeness (QED) is 0.597. The number of nitrogens with one attached hydrogen (secondary N) is 1. The summed E-state index contributed by atoms with van der Waals surface area (Å²) in [6.45, 7) is 0.224. The van der Waals surface area contributed by atoms with E-state index in [4.69, 9.17) is 13.9 Å². The summed E-state index contributed by atoms with van der Waals surface area (Å²) in [6, 6.07) is 12.9. The van der Waals surface area contributed by atoms with Crippen LogP contribution >= 0.6 is 11.3 Å². The summed E-state index contributed by atoms with van der Waals surface area (Å²) >= 11 is 1.37. The summed E-state index contributed by atoms with van der Waals surface area (Å²) in [5.74, 6) is 1.29. The zero-order valence-electron chi connectivity index (χ0n) is 12.2. The average Bonchev–Trinajstić information content (AvgIpc) is 3.28. The number of rotatable bonds is 2. The normalized spacial score (nSPS) is 12.8. The van der Waals surface area contributed by atoms with Crippen LogP contribution in [0.4, 0.5) is 5.13 Å². The molecule has 7 heteroatoms. The number of carbonyl (C=O) groups is 1. The van der Waals surface area contributed by atoms with Crippen LogP contribution in [0.5, 0.6) is 11.5 Å². The molecule has 1 aliphatic heterocycles. The number of benzene rings is 2. The van der Waals surface area contributed by atoms with E-state index in [0.29, 0.717) is 22.2 Å². The van der Waals surface area contributed by atoms with Crippen molar-refractivity contribution >= 4 is 43.6 Å². The number of fused-ring (bicyclic) bond motifs is 3. The molecule has 5 rings (SSSR count). The molecule has 1 N–H and O–H groups in total. The third-order valence-corrected chi connectivity index (χ3v) is 4.69. The molecule has 6 nitrogen and oxygen atoms in total. The fourth-order valence-corrected chi connectivity index (χ4v) is 3.50. The number of thiazole rings is 1. The van der Waals surface area contributed by atoms with E-state index in [1.54, 1.807) is 6.07 Å². The van der Waals surface area contributed by atoms with Gasteiger partial charge in [-0.15, -0.1) is 0 Å². The molecule has 0 bridgehead atoms. The van der Waals surface area contributed by atoms with Crippen molar-refractivity contribution in [3.05, 3.63) is 48.2 Å². The Balaban J connectivity index is 1.46. The first kappa shape index (κ1) is 13.4. The average molecular weight is 338 g/mol. The number of para-hydroxylation sites is 1. The van der Waals surface area contributed by atoms with E-state index >= 15 is 0 Å². The van der Waals surface area contributed by atoms with Gasteiger partial charge >= 0.3 is 0 Å². The van der Waals surface area contributed by atoms with Crippen LogP contribution in [-0.2, 0) is 0 Å². The van der Waals surface area contributed by atoms with Gasteiger partial charge in [-0.3, -0.25) is 10.1 Å². The summed E-state index contributed by atoms with van der Waals surface area (Å²) in [4.78, 5) is 16.8. The molecule has 1 aliphatic rings. The van der Waals surface area contributed by atoms with Gasteiger partial charge in [0, 0.05) is 17.5 Å². The first-order valence-electron chi connectivity index (χ1n) is 7.26. The molecule has 1 amide bonds. The lowest BCUT2D eigenvalue weighted by Gasteiger charge is -1.96. The van der Waals surface area contributed by atoms with Gasteiger partial charge in [0.1, 0.15) is 5.58 Å². The highest BCUT2D eigenvalue weighted by molar-refractivity contribution is 7.22. The van der Waals surface area contributed by atoms with Crippen molar-refractivity contribution in [2.45, 2.75) is 0 Å². The van der Waals surface area contributed by atoms with Crippen LogP contribution in [0, 0.1) is 0 Å². The van der Waals surface area contributed by atoms with Gasteiger partial charge in [-0.2, -0.15) is 0 Å².